The minimum Gasteiger partial charge on any atom is -0.478 e. The third-order valence-electron chi connectivity index (χ3n) is 3.87. The highest BCUT2D eigenvalue weighted by Crippen LogP contribution is 2.27. The van der Waals surface area contributed by atoms with Crippen molar-refractivity contribution in [3.63, 3.8) is 0 Å². The van der Waals surface area contributed by atoms with Gasteiger partial charge in [0.1, 0.15) is 17.8 Å². The predicted octanol–water partition coefficient (Wildman–Crippen LogP) is 3.61. The average Bonchev–Trinajstić information content (AvgIpc) is 3.00. The number of hydrogen-bond acceptors (Lipinski definition) is 7. The summed E-state index contributed by atoms with van der Waals surface area (Å²) in [6.07, 6.45) is 1.66. The maximum Gasteiger partial charge on any atom is 0.338 e. The van der Waals surface area contributed by atoms with Gasteiger partial charge in [0.2, 0.25) is 0 Å². The van der Waals surface area contributed by atoms with Crippen LogP contribution in [0.15, 0.2) is 28.4 Å². The average molecular weight is 365 g/mol. The monoisotopic (exact) mass is 365 g/mol. The second kappa shape index (κ2) is 8.59. The number of aromatic nitrogens is 2. The summed E-state index contributed by atoms with van der Waals surface area (Å²) in [5.74, 6) is -1.03. The molecule has 0 unspecified atom stereocenters. The first-order valence-electron chi connectivity index (χ1n) is 8.30. The largest absolute Gasteiger partial charge is 0.478 e. The SMILES string of the molecule is CCCCn1c(N=Nc2ccc(N(C)C)cc2C(=O)O)nc(C#N)c1C#N. The van der Waals surface area contributed by atoms with Crippen molar-refractivity contribution in [2.24, 2.45) is 10.2 Å². The maximum absolute atomic E-state index is 11.5. The molecule has 2 aromatic rings. The zero-order chi connectivity index (χ0) is 20.0. The van der Waals surface area contributed by atoms with Crippen molar-refractivity contribution in [3.8, 4) is 12.1 Å². The van der Waals surface area contributed by atoms with Gasteiger partial charge in [-0.3, -0.25) is 4.57 Å². The second-order valence-corrected chi connectivity index (χ2v) is 5.94. The Balaban J connectivity index is 2.49. The molecule has 1 N–H and O–H groups in total. The Kier molecular flexibility index (Phi) is 6.23. The van der Waals surface area contributed by atoms with Gasteiger partial charge < -0.3 is 10.0 Å². The van der Waals surface area contributed by atoms with E-state index in [1.54, 1.807) is 31.1 Å². The Labute approximate surface area is 156 Å². The number of imidazole rings is 1. The quantitative estimate of drug-likeness (QED) is 0.746. The van der Waals surface area contributed by atoms with Crippen LogP contribution in [0.3, 0.4) is 0 Å². The summed E-state index contributed by atoms with van der Waals surface area (Å²) >= 11 is 0. The highest BCUT2D eigenvalue weighted by atomic mass is 16.4. The number of carboxylic acid groups (broad SMARTS) is 1. The van der Waals surface area contributed by atoms with E-state index in [1.165, 1.54) is 10.6 Å². The molecular weight excluding hydrogens is 346 g/mol. The Hall–Kier alpha value is -3.72. The molecule has 0 bridgehead atoms. The maximum atomic E-state index is 11.5. The molecular formula is C18H19N7O2. The van der Waals surface area contributed by atoms with Crippen molar-refractivity contribution in [2.75, 3.05) is 19.0 Å². The van der Waals surface area contributed by atoms with E-state index in [0.29, 0.717) is 12.2 Å². The van der Waals surface area contributed by atoms with Crippen molar-refractivity contribution >= 4 is 23.3 Å². The van der Waals surface area contributed by atoms with Gasteiger partial charge in [-0.25, -0.2) is 4.79 Å². The molecule has 9 heteroatoms. The standard InChI is InChI=1S/C18H19N7O2/c1-4-5-8-25-16(11-20)15(10-19)21-18(25)23-22-14-7-6-12(24(2)3)9-13(14)17(26)27/h6-7,9H,4-5,8H2,1-3H3,(H,26,27). The number of rotatable bonds is 7. The molecule has 1 heterocycles. The van der Waals surface area contributed by atoms with E-state index in [0.717, 1.165) is 12.8 Å². The molecule has 1 aromatic carbocycles. The van der Waals surface area contributed by atoms with Crippen molar-refractivity contribution in [2.45, 2.75) is 26.3 Å². The van der Waals surface area contributed by atoms with Crippen LogP contribution in [-0.4, -0.2) is 34.7 Å². The molecule has 2 rings (SSSR count). The molecule has 27 heavy (non-hydrogen) atoms. The van der Waals surface area contributed by atoms with Crippen molar-refractivity contribution in [1.82, 2.24) is 9.55 Å². The van der Waals surface area contributed by atoms with E-state index in [1.807, 2.05) is 19.1 Å². The van der Waals surface area contributed by atoms with Crippen LogP contribution in [0.1, 0.15) is 41.5 Å². The number of anilines is 1. The summed E-state index contributed by atoms with van der Waals surface area (Å²) in [4.78, 5) is 17.4. The third kappa shape index (κ3) is 4.28. The molecule has 0 atom stereocenters. The molecule has 0 aliphatic carbocycles. The first kappa shape index (κ1) is 19.6. The Morgan fingerprint density at radius 1 is 1.30 bits per heavy atom. The molecule has 0 aliphatic heterocycles. The van der Waals surface area contributed by atoms with Gasteiger partial charge in [0, 0.05) is 26.3 Å². The fourth-order valence-electron chi connectivity index (χ4n) is 2.40. The van der Waals surface area contributed by atoms with E-state index < -0.39 is 5.97 Å². The Morgan fingerprint density at radius 3 is 2.59 bits per heavy atom. The van der Waals surface area contributed by atoms with Crippen LogP contribution >= 0.6 is 0 Å². The Morgan fingerprint density at radius 2 is 2.04 bits per heavy atom. The van der Waals surface area contributed by atoms with Gasteiger partial charge in [-0.2, -0.15) is 15.5 Å². The lowest BCUT2D eigenvalue weighted by Gasteiger charge is -2.13. The van der Waals surface area contributed by atoms with Crippen LogP contribution in [0.4, 0.5) is 17.3 Å². The summed E-state index contributed by atoms with van der Waals surface area (Å²) in [7, 11) is 3.61. The fourth-order valence-corrected chi connectivity index (χ4v) is 2.40. The lowest BCUT2D eigenvalue weighted by molar-refractivity contribution is 0.0698. The molecule has 0 radical (unpaired) electrons. The van der Waals surface area contributed by atoms with Crippen molar-refractivity contribution in [3.05, 3.63) is 35.2 Å². The Bertz CT molecular complexity index is 961. The number of aromatic carboxylic acids is 1. The zero-order valence-electron chi connectivity index (χ0n) is 15.3. The van der Waals surface area contributed by atoms with E-state index in [9.17, 15) is 15.2 Å². The lowest BCUT2D eigenvalue weighted by Crippen LogP contribution is -2.09. The van der Waals surface area contributed by atoms with Crippen LogP contribution in [0.2, 0.25) is 0 Å². The molecule has 9 nitrogen and oxygen atoms in total. The van der Waals surface area contributed by atoms with Crippen molar-refractivity contribution in [1.29, 1.82) is 10.5 Å². The summed E-state index contributed by atoms with van der Waals surface area (Å²) in [5.41, 5.74) is 0.979. The van der Waals surface area contributed by atoms with Crippen LogP contribution in [0.25, 0.3) is 0 Å². The number of benzene rings is 1. The lowest BCUT2D eigenvalue weighted by atomic mass is 10.1. The van der Waals surface area contributed by atoms with Crippen LogP contribution in [-0.2, 0) is 6.54 Å². The first-order chi connectivity index (χ1) is 12.9. The summed E-state index contributed by atoms with van der Waals surface area (Å²) < 4.78 is 1.53. The number of nitrogens with zero attached hydrogens (tertiary/aromatic N) is 7. The van der Waals surface area contributed by atoms with Crippen LogP contribution in [0, 0.1) is 22.7 Å². The van der Waals surface area contributed by atoms with Gasteiger partial charge in [-0.15, -0.1) is 10.2 Å². The van der Waals surface area contributed by atoms with Crippen LogP contribution in [0.5, 0.6) is 0 Å². The van der Waals surface area contributed by atoms with Crippen molar-refractivity contribution < 1.29 is 9.90 Å². The second-order valence-electron chi connectivity index (χ2n) is 5.94. The molecule has 0 saturated heterocycles. The molecule has 138 valence electrons. The van der Waals surface area contributed by atoms with E-state index >= 15 is 0 Å². The number of hydrogen-bond donors (Lipinski definition) is 1. The topological polar surface area (TPSA) is 131 Å². The number of unbranched alkanes of at least 4 members (excludes halogenated alkanes) is 1. The summed E-state index contributed by atoms with van der Waals surface area (Å²) in [6, 6.07) is 8.63. The zero-order valence-corrected chi connectivity index (χ0v) is 15.3. The molecule has 0 saturated carbocycles. The number of nitriles is 2. The summed E-state index contributed by atoms with van der Waals surface area (Å²) in [6.45, 7) is 2.47. The van der Waals surface area contributed by atoms with Gasteiger partial charge in [0.05, 0.1) is 5.56 Å². The fraction of sp³-hybridized carbons (Fsp3) is 0.333. The van der Waals surface area contributed by atoms with Gasteiger partial charge in [-0.1, -0.05) is 13.3 Å². The molecule has 0 spiro atoms. The summed E-state index contributed by atoms with van der Waals surface area (Å²) in [5, 5.41) is 35.9. The number of carbonyl (C=O) groups is 1. The van der Waals surface area contributed by atoms with Gasteiger partial charge in [0.15, 0.2) is 11.4 Å². The molecule has 0 fully saturated rings. The number of carboxylic acids is 1. The highest BCUT2D eigenvalue weighted by Gasteiger charge is 2.17. The first-order valence-corrected chi connectivity index (χ1v) is 8.30. The molecule has 1 aromatic heterocycles. The minimum absolute atomic E-state index is 0.00220. The van der Waals surface area contributed by atoms with Gasteiger partial charge in [-0.05, 0) is 24.6 Å². The van der Waals surface area contributed by atoms with E-state index in [-0.39, 0.29) is 28.6 Å². The van der Waals surface area contributed by atoms with Gasteiger partial charge in [0.25, 0.3) is 5.95 Å². The molecule has 0 amide bonds. The van der Waals surface area contributed by atoms with Gasteiger partial charge >= 0.3 is 5.97 Å². The smallest absolute Gasteiger partial charge is 0.338 e. The van der Waals surface area contributed by atoms with Crippen LogP contribution < -0.4 is 4.90 Å². The third-order valence-corrected chi connectivity index (χ3v) is 3.87. The molecule has 0 aliphatic rings. The van der Waals surface area contributed by atoms with E-state index in [4.69, 9.17) is 5.26 Å². The normalized spacial score (nSPS) is 10.6. The highest BCUT2D eigenvalue weighted by molar-refractivity contribution is 5.94. The predicted molar refractivity (Wildman–Crippen MR) is 98.5 cm³/mol. The van der Waals surface area contributed by atoms with E-state index in [2.05, 4.69) is 15.2 Å². The number of azo groups is 1. The minimum atomic E-state index is -1.13.